The van der Waals surface area contributed by atoms with E-state index in [1.165, 1.54) is 6.92 Å². The van der Waals surface area contributed by atoms with Gasteiger partial charge in [-0.2, -0.15) is 0 Å². The summed E-state index contributed by atoms with van der Waals surface area (Å²) in [7, 11) is 0. The lowest BCUT2D eigenvalue weighted by Gasteiger charge is -2.07. The van der Waals surface area contributed by atoms with Gasteiger partial charge in [0.1, 0.15) is 12.9 Å². The maximum Gasteiger partial charge on any atom is 0.302 e. The van der Waals surface area contributed by atoms with Crippen LogP contribution < -0.4 is 0 Å². The Morgan fingerprint density at radius 1 is 1.24 bits per heavy atom. The zero-order chi connectivity index (χ0) is 12.3. The third-order valence-electron chi connectivity index (χ3n) is 2.57. The number of fused-ring (bicyclic) bond motifs is 1. The molecule has 0 heterocycles. The highest BCUT2D eigenvalue weighted by molar-refractivity contribution is 5.90. The number of benzene rings is 2. The monoisotopic (exact) mass is 228 g/mol. The minimum absolute atomic E-state index is 0.133. The first-order valence-corrected chi connectivity index (χ1v) is 5.31. The first kappa shape index (κ1) is 11.3. The van der Waals surface area contributed by atoms with Crippen LogP contribution in [0.3, 0.4) is 0 Å². The third-order valence-corrected chi connectivity index (χ3v) is 2.57. The van der Waals surface area contributed by atoms with Crippen molar-refractivity contribution in [3.8, 4) is 0 Å². The molecular formula is C14H12O3. The summed E-state index contributed by atoms with van der Waals surface area (Å²) in [5.74, 6) is -0.352. The van der Waals surface area contributed by atoms with Crippen LogP contribution in [-0.4, -0.2) is 12.3 Å². The predicted octanol–water partition coefficient (Wildman–Crippen LogP) is 2.72. The highest BCUT2D eigenvalue weighted by Gasteiger charge is 2.05. The molecular weight excluding hydrogens is 216 g/mol. The molecule has 2 rings (SSSR count). The Labute approximate surface area is 99.0 Å². The molecule has 2 aromatic carbocycles. The lowest BCUT2D eigenvalue weighted by molar-refractivity contribution is -0.142. The van der Waals surface area contributed by atoms with Gasteiger partial charge in [-0.1, -0.05) is 24.3 Å². The normalized spacial score (nSPS) is 10.2. The fraction of sp³-hybridized carbons (Fsp3) is 0.143. The average molecular weight is 228 g/mol. The topological polar surface area (TPSA) is 43.4 Å². The summed E-state index contributed by atoms with van der Waals surface area (Å²) in [6.07, 6.45) is 0.783. The molecule has 0 saturated carbocycles. The smallest absolute Gasteiger partial charge is 0.302 e. The molecule has 2 aromatic rings. The van der Waals surface area contributed by atoms with Gasteiger partial charge in [0.25, 0.3) is 0 Å². The van der Waals surface area contributed by atoms with E-state index in [9.17, 15) is 9.59 Å². The van der Waals surface area contributed by atoms with Crippen LogP contribution in [0.4, 0.5) is 0 Å². The maximum absolute atomic E-state index is 11.0. The molecule has 0 atom stereocenters. The molecule has 0 N–H and O–H groups in total. The van der Waals surface area contributed by atoms with Crippen molar-refractivity contribution in [3.63, 3.8) is 0 Å². The van der Waals surface area contributed by atoms with Crippen LogP contribution >= 0.6 is 0 Å². The van der Waals surface area contributed by atoms with Crippen LogP contribution in [0.25, 0.3) is 10.8 Å². The van der Waals surface area contributed by atoms with Crippen LogP contribution in [0.2, 0.25) is 0 Å². The Hall–Kier alpha value is -2.16. The number of rotatable bonds is 3. The second-order valence-corrected chi connectivity index (χ2v) is 3.80. The van der Waals surface area contributed by atoms with Crippen molar-refractivity contribution in [1.82, 2.24) is 0 Å². The molecule has 0 aliphatic heterocycles. The van der Waals surface area contributed by atoms with Crippen LogP contribution in [0.15, 0.2) is 36.4 Å². The van der Waals surface area contributed by atoms with E-state index in [0.717, 1.165) is 22.6 Å². The molecule has 0 saturated heterocycles. The molecule has 0 bridgehead atoms. The van der Waals surface area contributed by atoms with Crippen molar-refractivity contribution in [2.75, 3.05) is 0 Å². The molecule has 0 spiro atoms. The second kappa shape index (κ2) is 4.78. The minimum atomic E-state index is -0.352. The number of ether oxygens (including phenoxy) is 1. The van der Waals surface area contributed by atoms with Gasteiger partial charge in [-0.25, -0.2) is 0 Å². The van der Waals surface area contributed by atoms with Gasteiger partial charge in [0, 0.05) is 18.1 Å². The van der Waals surface area contributed by atoms with Gasteiger partial charge < -0.3 is 4.74 Å². The van der Waals surface area contributed by atoms with Crippen molar-refractivity contribution < 1.29 is 14.3 Å². The van der Waals surface area contributed by atoms with Crippen LogP contribution in [0.1, 0.15) is 22.8 Å². The molecule has 0 fully saturated rings. The average Bonchev–Trinajstić information content (AvgIpc) is 2.35. The Kier molecular flexibility index (Phi) is 3.19. The van der Waals surface area contributed by atoms with Gasteiger partial charge in [0.2, 0.25) is 0 Å². The van der Waals surface area contributed by atoms with Crippen molar-refractivity contribution in [3.05, 3.63) is 47.5 Å². The van der Waals surface area contributed by atoms with Crippen LogP contribution in [0.5, 0.6) is 0 Å². The van der Waals surface area contributed by atoms with E-state index < -0.39 is 0 Å². The molecule has 0 radical (unpaired) electrons. The Bertz CT molecular complexity index is 573. The number of aldehydes is 1. The summed E-state index contributed by atoms with van der Waals surface area (Å²) in [4.78, 5) is 21.7. The van der Waals surface area contributed by atoms with E-state index in [4.69, 9.17) is 4.74 Å². The van der Waals surface area contributed by atoms with Crippen LogP contribution in [0, 0.1) is 0 Å². The van der Waals surface area contributed by atoms with Crippen molar-refractivity contribution in [2.24, 2.45) is 0 Å². The first-order valence-electron chi connectivity index (χ1n) is 5.31. The van der Waals surface area contributed by atoms with E-state index in [-0.39, 0.29) is 12.6 Å². The van der Waals surface area contributed by atoms with Crippen molar-refractivity contribution in [1.29, 1.82) is 0 Å². The molecule has 0 aliphatic carbocycles. The van der Waals surface area contributed by atoms with E-state index in [1.54, 1.807) is 6.07 Å². The molecule has 86 valence electrons. The minimum Gasteiger partial charge on any atom is -0.461 e. The largest absolute Gasteiger partial charge is 0.461 e. The van der Waals surface area contributed by atoms with Crippen LogP contribution in [-0.2, 0) is 16.1 Å². The van der Waals surface area contributed by atoms with Gasteiger partial charge in [0.05, 0.1) is 0 Å². The summed E-state index contributed by atoms with van der Waals surface area (Å²) < 4.78 is 4.92. The zero-order valence-electron chi connectivity index (χ0n) is 9.47. The van der Waals surface area contributed by atoms with E-state index in [2.05, 4.69) is 0 Å². The van der Waals surface area contributed by atoms with E-state index in [1.807, 2.05) is 30.3 Å². The summed E-state index contributed by atoms with van der Waals surface area (Å²) in [5, 5.41) is 2.03. The molecule has 17 heavy (non-hydrogen) atoms. The number of esters is 1. The SMILES string of the molecule is CC(=O)OCc1cc2ccccc2cc1C=O. The summed E-state index contributed by atoms with van der Waals surface area (Å²) in [6, 6.07) is 11.4. The summed E-state index contributed by atoms with van der Waals surface area (Å²) in [5.41, 5.74) is 1.29. The standard InChI is InChI=1S/C14H12O3/c1-10(16)17-9-14-7-12-5-3-2-4-11(12)6-13(14)8-15/h2-8H,9H2,1H3. The second-order valence-electron chi connectivity index (χ2n) is 3.80. The lowest BCUT2D eigenvalue weighted by atomic mass is 10.0. The number of carbonyl (C=O) groups is 2. The summed E-state index contributed by atoms with van der Waals surface area (Å²) in [6.45, 7) is 1.48. The van der Waals surface area contributed by atoms with E-state index >= 15 is 0 Å². The summed E-state index contributed by atoms with van der Waals surface area (Å²) >= 11 is 0. The van der Waals surface area contributed by atoms with Gasteiger partial charge in [-0.3, -0.25) is 9.59 Å². The highest BCUT2D eigenvalue weighted by Crippen LogP contribution is 2.19. The van der Waals surface area contributed by atoms with Gasteiger partial charge in [0.15, 0.2) is 0 Å². The molecule has 0 unspecified atom stereocenters. The fourth-order valence-corrected chi connectivity index (χ4v) is 1.72. The maximum atomic E-state index is 11.0. The molecule has 0 aromatic heterocycles. The van der Waals surface area contributed by atoms with Gasteiger partial charge >= 0.3 is 5.97 Å². The lowest BCUT2D eigenvalue weighted by Crippen LogP contribution is -2.01. The number of carbonyl (C=O) groups excluding carboxylic acids is 2. The Morgan fingerprint density at radius 2 is 1.88 bits per heavy atom. The molecule has 3 nitrogen and oxygen atoms in total. The highest BCUT2D eigenvalue weighted by atomic mass is 16.5. The fourth-order valence-electron chi connectivity index (χ4n) is 1.72. The number of hydrogen-bond acceptors (Lipinski definition) is 3. The predicted molar refractivity (Wildman–Crippen MR) is 64.8 cm³/mol. The van der Waals surface area contributed by atoms with E-state index in [0.29, 0.717) is 5.56 Å². The van der Waals surface area contributed by atoms with Gasteiger partial charge in [-0.05, 0) is 22.9 Å². The first-order chi connectivity index (χ1) is 8.20. The third kappa shape index (κ3) is 2.50. The van der Waals surface area contributed by atoms with Crippen molar-refractivity contribution in [2.45, 2.75) is 13.5 Å². The zero-order valence-corrected chi connectivity index (χ0v) is 9.47. The quantitative estimate of drug-likeness (QED) is 0.599. The molecule has 0 aliphatic rings. The van der Waals surface area contributed by atoms with Crippen molar-refractivity contribution >= 4 is 23.0 Å². The molecule has 0 amide bonds. The number of hydrogen-bond donors (Lipinski definition) is 0. The molecule has 3 heteroatoms. The Morgan fingerprint density at radius 3 is 2.47 bits per heavy atom. The van der Waals surface area contributed by atoms with Gasteiger partial charge in [-0.15, -0.1) is 0 Å². The Balaban J connectivity index is 2.45.